The highest BCUT2D eigenvalue weighted by atomic mass is 16.6. The number of furan rings is 1. The first-order chi connectivity index (χ1) is 12.3. The topological polar surface area (TPSA) is 48.7 Å². The summed E-state index contributed by atoms with van der Waals surface area (Å²) >= 11 is 0. The molecule has 4 nitrogen and oxygen atoms in total. The Hall–Kier alpha value is -1.29. The summed E-state index contributed by atoms with van der Waals surface area (Å²) in [6, 6.07) is 1.98. The lowest BCUT2D eigenvalue weighted by atomic mass is 9.45. The number of fused-ring (bicyclic) bond motifs is 1. The van der Waals surface area contributed by atoms with Gasteiger partial charge < -0.3 is 13.9 Å². The summed E-state index contributed by atoms with van der Waals surface area (Å²) in [5.41, 5.74) is 1.33. The summed E-state index contributed by atoms with van der Waals surface area (Å²) in [7, 11) is 0. The number of hydrogen-bond acceptors (Lipinski definition) is 4. The van der Waals surface area contributed by atoms with E-state index < -0.39 is 0 Å². The van der Waals surface area contributed by atoms with Gasteiger partial charge in [0.25, 0.3) is 0 Å². The number of carbonyl (C=O) groups is 1. The number of ether oxygens (including phenoxy) is 2. The third kappa shape index (κ3) is 2.72. The van der Waals surface area contributed by atoms with Crippen LogP contribution < -0.4 is 0 Å². The van der Waals surface area contributed by atoms with E-state index in [0.29, 0.717) is 17.8 Å². The first kappa shape index (κ1) is 18.1. The molecule has 0 radical (unpaired) electrons. The van der Waals surface area contributed by atoms with E-state index in [-0.39, 0.29) is 29.0 Å². The minimum atomic E-state index is -0.201. The molecule has 4 heteroatoms. The molecule has 26 heavy (non-hydrogen) atoms. The zero-order valence-corrected chi connectivity index (χ0v) is 16.5. The van der Waals surface area contributed by atoms with Crippen LogP contribution in [0.2, 0.25) is 0 Å². The molecule has 1 aromatic heterocycles. The minimum Gasteiger partial charge on any atom is -0.472 e. The molecule has 1 saturated heterocycles. The molecular formula is C22H32O4. The van der Waals surface area contributed by atoms with Crippen molar-refractivity contribution in [3.8, 4) is 0 Å². The average Bonchev–Trinajstić information content (AvgIpc) is 3.09. The van der Waals surface area contributed by atoms with Crippen molar-refractivity contribution >= 4 is 5.97 Å². The zero-order chi connectivity index (χ0) is 18.6. The van der Waals surface area contributed by atoms with E-state index in [0.717, 1.165) is 18.6 Å². The highest BCUT2D eigenvalue weighted by Gasteiger charge is 2.67. The number of carbonyl (C=O) groups excluding carboxylic acids is 1. The van der Waals surface area contributed by atoms with Crippen molar-refractivity contribution in [3.05, 3.63) is 24.2 Å². The van der Waals surface area contributed by atoms with Crippen LogP contribution in [-0.4, -0.2) is 24.3 Å². The van der Waals surface area contributed by atoms with Crippen LogP contribution in [0.4, 0.5) is 0 Å². The van der Waals surface area contributed by atoms with Crippen molar-refractivity contribution in [1.82, 2.24) is 0 Å². The van der Waals surface area contributed by atoms with Crippen LogP contribution in [0, 0.1) is 22.7 Å². The van der Waals surface area contributed by atoms with Gasteiger partial charge in [0.2, 0.25) is 0 Å². The molecule has 0 aromatic carbocycles. The lowest BCUT2D eigenvalue weighted by molar-refractivity contribution is -0.167. The fourth-order valence-corrected chi connectivity index (χ4v) is 6.81. The van der Waals surface area contributed by atoms with Gasteiger partial charge in [-0.2, -0.15) is 0 Å². The van der Waals surface area contributed by atoms with Gasteiger partial charge >= 0.3 is 5.97 Å². The van der Waals surface area contributed by atoms with Gasteiger partial charge in [-0.05, 0) is 55.6 Å². The summed E-state index contributed by atoms with van der Waals surface area (Å²) in [6.07, 6.45) is 9.98. The minimum absolute atomic E-state index is 0.124. The molecule has 1 aliphatic heterocycles. The Kier molecular flexibility index (Phi) is 4.26. The largest absolute Gasteiger partial charge is 0.472 e. The Morgan fingerprint density at radius 1 is 1.31 bits per heavy atom. The van der Waals surface area contributed by atoms with Crippen molar-refractivity contribution in [1.29, 1.82) is 0 Å². The molecule has 144 valence electrons. The molecule has 2 heterocycles. The van der Waals surface area contributed by atoms with Crippen LogP contribution in [0.3, 0.4) is 0 Å². The van der Waals surface area contributed by atoms with Gasteiger partial charge in [0.15, 0.2) is 0 Å². The van der Waals surface area contributed by atoms with Crippen LogP contribution in [-0.2, 0) is 20.7 Å². The van der Waals surface area contributed by atoms with Gasteiger partial charge in [0.1, 0.15) is 6.10 Å². The zero-order valence-electron chi connectivity index (χ0n) is 16.5. The normalized spacial score (nSPS) is 39.2. The molecule has 2 aliphatic carbocycles. The van der Waals surface area contributed by atoms with E-state index in [1.165, 1.54) is 32.6 Å². The fraction of sp³-hybridized carbons (Fsp3) is 0.773. The van der Waals surface area contributed by atoms with Crippen molar-refractivity contribution in [3.63, 3.8) is 0 Å². The molecule has 3 aliphatic rings. The maximum atomic E-state index is 12.0. The van der Waals surface area contributed by atoms with E-state index in [1.54, 1.807) is 12.5 Å². The number of hydrogen-bond donors (Lipinski definition) is 0. The van der Waals surface area contributed by atoms with Crippen LogP contribution in [0.1, 0.15) is 65.4 Å². The molecule has 0 N–H and O–H groups in total. The summed E-state index contributed by atoms with van der Waals surface area (Å²) < 4.78 is 17.7. The van der Waals surface area contributed by atoms with Gasteiger partial charge in [0.05, 0.1) is 24.7 Å². The lowest BCUT2D eigenvalue weighted by Gasteiger charge is -2.58. The second kappa shape index (κ2) is 6.12. The van der Waals surface area contributed by atoms with E-state index in [2.05, 4.69) is 20.8 Å². The molecule has 4 rings (SSSR count). The summed E-state index contributed by atoms with van der Waals surface area (Å²) in [5, 5.41) is 0. The van der Waals surface area contributed by atoms with E-state index >= 15 is 0 Å². The van der Waals surface area contributed by atoms with Crippen molar-refractivity contribution in [2.24, 2.45) is 22.7 Å². The second-order valence-corrected chi connectivity index (χ2v) is 9.73. The molecule has 3 fully saturated rings. The Balaban J connectivity index is 1.74. The van der Waals surface area contributed by atoms with E-state index in [9.17, 15) is 4.79 Å². The summed E-state index contributed by atoms with van der Waals surface area (Å²) in [6.45, 7) is 9.43. The first-order valence-corrected chi connectivity index (χ1v) is 10.1. The Morgan fingerprint density at radius 2 is 2.12 bits per heavy atom. The van der Waals surface area contributed by atoms with Crippen molar-refractivity contribution < 1.29 is 18.7 Å². The Morgan fingerprint density at radius 3 is 2.81 bits per heavy atom. The molecule has 2 bridgehead atoms. The quantitative estimate of drug-likeness (QED) is 0.726. The molecule has 1 unspecified atom stereocenters. The monoisotopic (exact) mass is 360 g/mol. The smallest absolute Gasteiger partial charge is 0.302 e. The second-order valence-electron chi connectivity index (χ2n) is 9.73. The Labute approximate surface area is 156 Å². The predicted molar refractivity (Wildman–Crippen MR) is 98.6 cm³/mol. The van der Waals surface area contributed by atoms with Gasteiger partial charge in [-0.1, -0.05) is 20.3 Å². The van der Waals surface area contributed by atoms with Crippen LogP contribution in [0.25, 0.3) is 0 Å². The third-order valence-electron chi connectivity index (χ3n) is 7.68. The maximum absolute atomic E-state index is 12.0. The fourth-order valence-electron chi connectivity index (χ4n) is 6.81. The Bertz CT molecular complexity index is 664. The molecule has 2 saturated carbocycles. The van der Waals surface area contributed by atoms with Gasteiger partial charge in [-0.25, -0.2) is 0 Å². The predicted octanol–water partition coefficient (Wildman–Crippen LogP) is 4.77. The first-order valence-electron chi connectivity index (χ1n) is 10.1. The summed E-state index contributed by atoms with van der Waals surface area (Å²) in [5.74, 6) is 0.675. The number of esters is 1. The van der Waals surface area contributed by atoms with Crippen LogP contribution >= 0.6 is 0 Å². The van der Waals surface area contributed by atoms with Gasteiger partial charge in [-0.3, -0.25) is 4.79 Å². The highest BCUT2D eigenvalue weighted by molar-refractivity contribution is 5.66. The van der Waals surface area contributed by atoms with Crippen molar-refractivity contribution in [2.45, 2.75) is 77.9 Å². The third-order valence-corrected chi connectivity index (χ3v) is 7.68. The molecular weight excluding hydrogens is 328 g/mol. The highest BCUT2D eigenvalue weighted by Crippen LogP contribution is 2.67. The molecule has 1 aromatic rings. The number of rotatable bonds is 4. The van der Waals surface area contributed by atoms with Crippen LogP contribution in [0.5, 0.6) is 0 Å². The van der Waals surface area contributed by atoms with Gasteiger partial charge in [-0.15, -0.1) is 0 Å². The molecule has 5 atom stereocenters. The van der Waals surface area contributed by atoms with Crippen molar-refractivity contribution in [2.75, 3.05) is 6.61 Å². The molecule has 1 spiro atoms. The van der Waals surface area contributed by atoms with Gasteiger partial charge in [0, 0.05) is 24.7 Å². The average molecular weight is 360 g/mol. The van der Waals surface area contributed by atoms with E-state index in [4.69, 9.17) is 13.9 Å². The van der Waals surface area contributed by atoms with Crippen LogP contribution in [0.15, 0.2) is 23.0 Å². The maximum Gasteiger partial charge on any atom is 0.302 e. The van der Waals surface area contributed by atoms with E-state index in [1.807, 2.05) is 6.07 Å². The molecule has 0 amide bonds. The lowest BCUT2D eigenvalue weighted by Crippen LogP contribution is -2.58. The SMILES string of the molecule is CC(=O)O[C@@H](Cc1ccoc1)[C@@H]1[C@@]23CCCC(C)(C)C2CC[C@]1(C)OC3. The summed E-state index contributed by atoms with van der Waals surface area (Å²) in [4.78, 5) is 12.0. The standard InChI is InChI=1S/C22H32O4/c1-15(23)26-17(12-16-7-11-24-13-16)19-21(4)10-6-18-20(2,3)8-5-9-22(18,19)14-25-21/h7,11,13,17-19H,5-6,8-10,12,14H2,1-4H3/t17-,18?,19-,21-,22+/m0/s1.